The molecule has 0 amide bonds. The first kappa shape index (κ1) is 14.5. The van der Waals surface area contributed by atoms with Gasteiger partial charge in [-0.3, -0.25) is 0 Å². The average Bonchev–Trinajstić information content (AvgIpc) is 2.94. The van der Waals surface area contributed by atoms with Crippen LogP contribution in [0.5, 0.6) is 11.5 Å². The lowest BCUT2D eigenvalue weighted by Crippen LogP contribution is -2.13. The van der Waals surface area contributed by atoms with Crippen LogP contribution in [0.15, 0.2) is 41.0 Å². The van der Waals surface area contributed by atoms with Gasteiger partial charge < -0.3 is 19.2 Å². The van der Waals surface area contributed by atoms with Gasteiger partial charge in [-0.1, -0.05) is 13.0 Å². The third-order valence-electron chi connectivity index (χ3n) is 2.89. The molecular weight excluding hydrogens is 254 g/mol. The number of rotatable bonds is 8. The van der Waals surface area contributed by atoms with E-state index >= 15 is 0 Å². The number of methoxy groups -OCH3 is 1. The highest BCUT2D eigenvalue weighted by molar-refractivity contribution is 5.32. The number of hydrogen-bond donors (Lipinski definition) is 1. The standard InChI is InChI=1S/C16H21NO3/c1-3-7-17-10-13-8-16(19-11-13)12-20-15-6-4-5-14(9-15)18-2/h4-6,8-9,11,17H,3,7,10,12H2,1-2H3. The molecule has 1 aromatic heterocycles. The van der Waals surface area contributed by atoms with Gasteiger partial charge in [-0.05, 0) is 31.2 Å². The minimum absolute atomic E-state index is 0.418. The van der Waals surface area contributed by atoms with Gasteiger partial charge in [0, 0.05) is 18.2 Å². The zero-order valence-electron chi connectivity index (χ0n) is 12.0. The van der Waals surface area contributed by atoms with Crippen molar-refractivity contribution in [3.63, 3.8) is 0 Å². The highest BCUT2D eigenvalue weighted by Crippen LogP contribution is 2.20. The normalized spacial score (nSPS) is 10.5. The van der Waals surface area contributed by atoms with Gasteiger partial charge >= 0.3 is 0 Å². The Kier molecular flexibility index (Phi) is 5.50. The Balaban J connectivity index is 1.84. The summed E-state index contributed by atoms with van der Waals surface area (Å²) in [6.07, 6.45) is 2.90. The summed E-state index contributed by atoms with van der Waals surface area (Å²) in [5, 5.41) is 3.34. The second-order valence-corrected chi connectivity index (χ2v) is 4.57. The van der Waals surface area contributed by atoms with E-state index in [4.69, 9.17) is 13.9 Å². The molecule has 108 valence electrons. The molecule has 0 saturated heterocycles. The fourth-order valence-corrected chi connectivity index (χ4v) is 1.85. The maximum Gasteiger partial charge on any atom is 0.146 e. The summed E-state index contributed by atoms with van der Waals surface area (Å²) in [6.45, 7) is 4.41. The molecule has 0 atom stereocenters. The third kappa shape index (κ3) is 4.31. The highest BCUT2D eigenvalue weighted by Gasteiger charge is 2.03. The first-order valence-corrected chi connectivity index (χ1v) is 6.85. The molecule has 0 radical (unpaired) electrons. The predicted octanol–water partition coefficient (Wildman–Crippen LogP) is 3.37. The highest BCUT2D eigenvalue weighted by atomic mass is 16.5. The number of ether oxygens (including phenoxy) is 2. The number of nitrogens with one attached hydrogen (secondary N) is 1. The van der Waals surface area contributed by atoms with Crippen LogP contribution in [-0.2, 0) is 13.2 Å². The Hall–Kier alpha value is -1.94. The van der Waals surface area contributed by atoms with E-state index in [1.807, 2.05) is 30.3 Å². The molecular formula is C16H21NO3. The Morgan fingerprint density at radius 2 is 2.05 bits per heavy atom. The zero-order chi connectivity index (χ0) is 14.2. The first-order valence-electron chi connectivity index (χ1n) is 6.85. The van der Waals surface area contributed by atoms with Crippen molar-refractivity contribution < 1.29 is 13.9 Å². The fourth-order valence-electron chi connectivity index (χ4n) is 1.85. The largest absolute Gasteiger partial charge is 0.497 e. The van der Waals surface area contributed by atoms with Crippen LogP contribution in [0.1, 0.15) is 24.7 Å². The predicted molar refractivity (Wildman–Crippen MR) is 78.0 cm³/mol. The molecule has 0 fully saturated rings. The SMILES string of the molecule is CCCNCc1coc(COc2cccc(OC)c2)c1. The quantitative estimate of drug-likeness (QED) is 0.750. The maximum atomic E-state index is 5.68. The topological polar surface area (TPSA) is 43.6 Å². The van der Waals surface area contributed by atoms with E-state index in [1.165, 1.54) is 0 Å². The Bertz CT molecular complexity index is 522. The summed E-state index contributed by atoms with van der Waals surface area (Å²) in [6, 6.07) is 9.55. The summed E-state index contributed by atoms with van der Waals surface area (Å²) in [7, 11) is 1.64. The molecule has 0 aliphatic rings. The lowest BCUT2D eigenvalue weighted by atomic mass is 10.3. The molecule has 0 unspecified atom stereocenters. The van der Waals surface area contributed by atoms with Crippen molar-refractivity contribution >= 4 is 0 Å². The Morgan fingerprint density at radius 1 is 1.20 bits per heavy atom. The summed E-state index contributed by atoms with van der Waals surface area (Å²) in [5.74, 6) is 2.37. The van der Waals surface area contributed by atoms with Gasteiger partial charge in [0.25, 0.3) is 0 Å². The van der Waals surface area contributed by atoms with Gasteiger partial charge in [-0.15, -0.1) is 0 Å². The summed E-state index contributed by atoms with van der Waals surface area (Å²) in [5.41, 5.74) is 1.14. The van der Waals surface area contributed by atoms with Crippen LogP contribution in [0, 0.1) is 0 Å². The number of benzene rings is 1. The summed E-state index contributed by atoms with van der Waals surface area (Å²) >= 11 is 0. The molecule has 0 saturated carbocycles. The Morgan fingerprint density at radius 3 is 2.85 bits per heavy atom. The number of furan rings is 1. The van der Waals surface area contributed by atoms with Crippen LogP contribution in [0.2, 0.25) is 0 Å². The van der Waals surface area contributed by atoms with Crippen molar-refractivity contribution in [3.8, 4) is 11.5 Å². The minimum atomic E-state index is 0.418. The van der Waals surface area contributed by atoms with Crippen LogP contribution in [0.3, 0.4) is 0 Å². The van der Waals surface area contributed by atoms with Crippen molar-refractivity contribution in [2.75, 3.05) is 13.7 Å². The minimum Gasteiger partial charge on any atom is -0.497 e. The van der Waals surface area contributed by atoms with Crippen molar-refractivity contribution in [2.45, 2.75) is 26.5 Å². The van der Waals surface area contributed by atoms with Crippen molar-refractivity contribution in [3.05, 3.63) is 47.9 Å². The average molecular weight is 275 g/mol. The maximum absolute atomic E-state index is 5.68. The van der Waals surface area contributed by atoms with Crippen molar-refractivity contribution in [1.29, 1.82) is 0 Å². The molecule has 2 rings (SSSR count). The lowest BCUT2D eigenvalue weighted by molar-refractivity contribution is 0.269. The summed E-state index contributed by atoms with van der Waals surface area (Å²) < 4.78 is 16.3. The van der Waals surface area contributed by atoms with E-state index in [0.717, 1.165) is 42.3 Å². The van der Waals surface area contributed by atoms with Crippen molar-refractivity contribution in [1.82, 2.24) is 5.32 Å². The van der Waals surface area contributed by atoms with E-state index in [9.17, 15) is 0 Å². The van der Waals surface area contributed by atoms with E-state index in [2.05, 4.69) is 12.2 Å². The second kappa shape index (κ2) is 7.60. The van der Waals surface area contributed by atoms with Gasteiger partial charge in [0.05, 0.1) is 13.4 Å². The monoisotopic (exact) mass is 275 g/mol. The van der Waals surface area contributed by atoms with E-state index < -0.39 is 0 Å². The molecule has 20 heavy (non-hydrogen) atoms. The summed E-state index contributed by atoms with van der Waals surface area (Å²) in [4.78, 5) is 0. The molecule has 0 spiro atoms. The second-order valence-electron chi connectivity index (χ2n) is 4.57. The van der Waals surface area contributed by atoms with Gasteiger partial charge in [0.2, 0.25) is 0 Å². The van der Waals surface area contributed by atoms with E-state index in [-0.39, 0.29) is 0 Å². The molecule has 4 heteroatoms. The first-order chi connectivity index (χ1) is 9.81. The van der Waals surface area contributed by atoms with Gasteiger partial charge in [-0.2, -0.15) is 0 Å². The molecule has 4 nitrogen and oxygen atoms in total. The third-order valence-corrected chi connectivity index (χ3v) is 2.89. The van der Waals surface area contributed by atoms with E-state index in [0.29, 0.717) is 6.61 Å². The smallest absolute Gasteiger partial charge is 0.146 e. The Labute approximate surface area is 119 Å². The van der Waals surface area contributed by atoms with Gasteiger partial charge in [-0.25, -0.2) is 0 Å². The number of hydrogen-bond acceptors (Lipinski definition) is 4. The van der Waals surface area contributed by atoms with Crippen LogP contribution in [0.25, 0.3) is 0 Å². The molecule has 1 N–H and O–H groups in total. The van der Waals surface area contributed by atoms with Crippen LogP contribution < -0.4 is 14.8 Å². The zero-order valence-corrected chi connectivity index (χ0v) is 12.0. The van der Waals surface area contributed by atoms with Crippen LogP contribution in [-0.4, -0.2) is 13.7 Å². The molecule has 0 aliphatic heterocycles. The molecule has 0 aliphatic carbocycles. The van der Waals surface area contributed by atoms with Gasteiger partial charge in [0.1, 0.15) is 23.9 Å². The van der Waals surface area contributed by atoms with Crippen LogP contribution >= 0.6 is 0 Å². The molecule has 1 heterocycles. The van der Waals surface area contributed by atoms with Crippen LogP contribution in [0.4, 0.5) is 0 Å². The lowest BCUT2D eigenvalue weighted by Gasteiger charge is -2.05. The fraction of sp³-hybridized carbons (Fsp3) is 0.375. The van der Waals surface area contributed by atoms with Gasteiger partial charge in [0.15, 0.2) is 0 Å². The molecule has 1 aromatic carbocycles. The van der Waals surface area contributed by atoms with Crippen molar-refractivity contribution in [2.24, 2.45) is 0 Å². The molecule has 0 bridgehead atoms. The van der Waals surface area contributed by atoms with E-state index in [1.54, 1.807) is 13.4 Å². The molecule has 2 aromatic rings.